The lowest BCUT2D eigenvalue weighted by Gasteiger charge is -2.07. The van der Waals surface area contributed by atoms with Gasteiger partial charge in [0.1, 0.15) is 0 Å². The summed E-state index contributed by atoms with van der Waals surface area (Å²) >= 11 is 0. The van der Waals surface area contributed by atoms with Gasteiger partial charge in [-0.2, -0.15) is 13.5 Å². The quantitative estimate of drug-likeness (QED) is 0.762. The Labute approximate surface area is 126 Å². The first-order chi connectivity index (χ1) is 10.3. The zero-order valence-corrected chi connectivity index (χ0v) is 12.8. The van der Waals surface area contributed by atoms with E-state index in [-0.39, 0.29) is 10.6 Å². The predicted molar refractivity (Wildman–Crippen MR) is 83.3 cm³/mol. The van der Waals surface area contributed by atoms with Crippen LogP contribution >= 0.6 is 0 Å². The summed E-state index contributed by atoms with van der Waals surface area (Å²) in [5, 5.41) is 4.59. The number of nitrogens with one attached hydrogen (secondary N) is 2. The number of benzene rings is 1. The normalized spacial score (nSPS) is 11.7. The molecule has 0 fully saturated rings. The van der Waals surface area contributed by atoms with E-state index >= 15 is 0 Å². The number of hydrogen-bond donors (Lipinski definition) is 2. The fraction of sp³-hybridized carbons (Fsp3) is 0.143. The smallest absolute Gasteiger partial charge is 0.281 e. The molecular weight excluding hydrogens is 304 g/mol. The lowest BCUT2D eigenvalue weighted by molar-refractivity contribution is 0.593. The third kappa shape index (κ3) is 2.60. The topological polar surface area (TPSA) is 96.8 Å². The van der Waals surface area contributed by atoms with Crippen molar-refractivity contribution in [3.63, 3.8) is 0 Å². The molecule has 0 atom stereocenters. The fourth-order valence-corrected chi connectivity index (χ4v) is 3.14. The molecule has 0 saturated carbocycles. The lowest BCUT2D eigenvalue weighted by atomic mass is 10.1. The molecule has 0 aliphatic heterocycles. The highest BCUT2D eigenvalue weighted by molar-refractivity contribution is 7.92. The van der Waals surface area contributed by atoms with Crippen molar-refractivity contribution >= 4 is 26.6 Å². The molecule has 0 spiro atoms. The highest BCUT2D eigenvalue weighted by Gasteiger charge is 2.17. The van der Waals surface area contributed by atoms with E-state index in [4.69, 9.17) is 0 Å². The van der Waals surface area contributed by atoms with Gasteiger partial charge in [0.25, 0.3) is 15.6 Å². The minimum absolute atomic E-state index is 0.0484. The van der Waals surface area contributed by atoms with Crippen LogP contribution in [0.3, 0.4) is 0 Å². The minimum atomic E-state index is -3.73. The fourth-order valence-electron chi connectivity index (χ4n) is 2.12. The molecule has 3 rings (SSSR count). The molecule has 0 unspecified atom stereocenters. The Balaban J connectivity index is 2.00. The van der Waals surface area contributed by atoms with Crippen LogP contribution in [0.1, 0.15) is 5.56 Å². The molecule has 0 aliphatic rings. The van der Waals surface area contributed by atoms with E-state index in [9.17, 15) is 13.2 Å². The van der Waals surface area contributed by atoms with E-state index in [1.165, 1.54) is 10.7 Å². The maximum absolute atomic E-state index is 12.2. The SMILES string of the molecule is Cc1cc2cc(NS(=O)(=O)c3ccn(C)n3)ccc2[nH]c1=O. The Morgan fingerprint density at radius 1 is 1.23 bits per heavy atom. The second kappa shape index (κ2) is 4.99. The Morgan fingerprint density at radius 3 is 2.68 bits per heavy atom. The zero-order chi connectivity index (χ0) is 15.9. The maximum atomic E-state index is 12.2. The Bertz CT molecular complexity index is 1020. The van der Waals surface area contributed by atoms with Gasteiger partial charge in [0, 0.05) is 35.4 Å². The van der Waals surface area contributed by atoms with Crippen LogP contribution in [0.2, 0.25) is 0 Å². The number of aromatic amines is 1. The first kappa shape index (κ1) is 14.3. The molecule has 0 aliphatic carbocycles. The number of hydrogen-bond acceptors (Lipinski definition) is 4. The molecule has 1 aromatic carbocycles. The summed E-state index contributed by atoms with van der Waals surface area (Å²) < 4.78 is 28.4. The van der Waals surface area contributed by atoms with Crippen LogP contribution in [0, 0.1) is 6.92 Å². The summed E-state index contributed by atoms with van der Waals surface area (Å²) in [7, 11) is -2.09. The molecule has 2 N–H and O–H groups in total. The van der Waals surface area contributed by atoms with Gasteiger partial charge < -0.3 is 4.98 Å². The molecule has 22 heavy (non-hydrogen) atoms. The molecule has 2 aromatic heterocycles. The summed E-state index contributed by atoms with van der Waals surface area (Å²) in [6.07, 6.45) is 1.56. The summed E-state index contributed by atoms with van der Waals surface area (Å²) in [4.78, 5) is 14.3. The van der Waals surface area contributed by atoms with Gasteiger partial charge >= 0.3 is 0 Å². The van der Waals surface area contributed by atoms with Crippen LogP contribution in [-0.2, 0) is 17.1 Å². The van der Waals surface area contributed by atoms with E-state index in [1.54, 1.807) is 44.4 Å². The van der Waals surface area contributed by atoms with E-state index < -0.39 is 10.0 Å². The minimum Gasteiger partial charge on any atom is -0.322 e. The molecule has 3 aromatic rings. The number of H-pyrrole nitrogens is 1. The second-order valence-corrected chi connectivity index (χ2v) is 6.65. The van der Waals surface area contributed by atoms with Gasteiger partial charge in [-0.05, 0) is 37.3 Å². The monoisotopic (exact) mass is 318 g/mol. The second-order valence-electron chi connectivity index (χ2n) is 5.02. The van der Waals surface area contributed by atoms with Crippen molar-refractivity contribution in [1.82, 2.24) is 14.8 Å². The number of aromatic nitrogens is 3. The van der Waals surface area contributed by atoms with Gasteiger partial charge in [0.15, 0.2) is 5.03 Å². The third-order valence-corrected chi connectivity index (χ3v) is 4.52. The molecule has 0 saturated heterocycles. The third-order valence-electron chi connectivity index (χ3n) is 3.25. The Hall–Kier alpha value is -2.61. The molecular formula is C14H14N4O3S. The van der Waals surface area contributed by atoms with Crippen LogP contribution in [-0.4, -0.2) is 23.2 Å². The largest absolute Gasteiger partial charge is 0.322 e. The first-order valence-corrected chi connectivity index (χ1v) is 8.00. The lowest BCUT2D eigenvalue weighted by Crippen LogP contribution is -2.14. The number of aryl methyl sites for hydroxylation is 2. The number of sulfonamides is 1. The molecule has 2 heterocycles. The summed E-state index contributed by atoms with van der Waals surface area (Å²) in [5.74, 6) is 0. The highest BCUT2D eigenvalue weighted by atomic mass is 32.2. The van der Waals surface area contributed by atoms with E-state index in [1.807, 2.05) is 0 Å². The van der Waals surface area contributed by atoms with Crippen molar-refractivity contribution in [2.24, 2.45) is 7.05 Å². The summed E-state index contributed by atoms with van der Waals surface area (Å²) in [6, 6.07) is 8.05. The molecule has 7 nitrogen and oxygen atoms in total. The van der Waals surface area contributed by atoms with Crippen LogP contribution in [0.25, 0.3) is 10.9 Å². The van der Waals surface area contributed by atoms with E-state index in [0.717, 1.165) is 5.39 Å². The van der Waals surface area contributed by atoms with Gasteiger partial charge in [-0.25, -0.2) is 0 Å². The predicted octanol–water partition coefficient (Wildman–Crippen LogP) is 1.37. The molecule has 0 bridgehead atoms. The number of fused-ring (bicyclic) bond motifs is 1. The van der Waals surface area contributed by atoms with Crippen molar-refractivity contribution in [3.05, 3.63) is 52.4 Å². The van der Waals surface area contributed by atoms with Crippen LogP contribution in [0.5, 0.6) is 0 Å². The number of anilines is 1. The van der Waals surface area contributed by atoms with Crippen LogP contribution < -0.4 is 10.3 Å². The molecule has 114 valence electrons. The first-order valence-electron chi connectivity index (χ1n) is 6.51. The van der Waals surface area contributed by atoms with Gasteiger partial charge in [-0.3, -0.25) is 14.2 Å². The standard InChI is InChI=1S/C14H14N4O3S/c1-9-7-10-8-11(3-4-12(10)15-14(9)19)17-22(20,21)13-5-6-18(2)16-13/h3-8,17H,1-2H3,(H,15,19). The van der Waals surface area contributed by atoms with Gasteiger partial charge in [-0.15, -0.1) is 0 Å². The van der Waals surface area contributed by atoms with E-state index in [0.29, 0.717) is 16.8 Å². The van der Waals surface area contributed by atoms with Crippen molar-refractivity contribution in [2.75, 3.05) is 4.72 Å². The van der Waals surface area contributed by atoms with Crippen LogP contribution in [0.15, 0.2) is 46.3 Å². The van der Waals surface area contributed by atoms with Crippen molar-refractivity contribution in [1.29, 1.82) is 0 Å². The Morgan fingerprint density at radius 2 is 2.00 bits per heavy atom. The van der Waals surface area contributed by atoms with Gasteiger partial charge in [0.05, 0.1) is 0 Å². The summed E-state index contributed by atoms with van der Waals surface area (Å²) in [5.41, 5.74) is 1.47. The molecule has 0 amide bonds. The average molecular weight is 318 g/mol. The maximum Gasteiger partial charge on any atom is 0.281 e. The number of nitrogens with zero attached hydrogens (tertiary/aromatic N) is 2. The van der Waals surface area contributed by atoms with Crippen molar-refractivity contribution in [3.8, 4) is 0 Å². The Kier molecular flexibility index (Phi) is 3.25. The van der Waals surface area contributed by atoms with E-state index in [2.05, 4.69) is 14.8 Å². The number of rotatable bonds is 3. The molecule has 0 radical (unpaired) electrons. The van der Waals surface area contributed by atoms with Crippen molar-refractivity contribution < 1.29 is 8.42 Å². The van der Waals surface area contributed by atoms with Gasteiger partial charge in [-0.1, -0.05) is 0 Å². The van der Waals surface area contributed by atoms with Crippen molar-refractivity contribution in [2.45, 2.75) is 11.9 Å². The highest BCUT2D eigenvalue weighted by Crippen LogP contribution is 2.20. The van der Waals surface area contributed by atoms with Gasteiger partial charge in [0.2, 0.25) is 0 Å². The van der Waals surface area contributed by atoms with Crippen LogP contribution in [0.4, 0.5) is 5.69 Å². The average Bonchev–Trinajstić information content (AvgIpc) is 2.88. The molecule has 8 heteroatoms. The number of pyridine rings is 1. The zero-order valence-electron chi connectivity index (χ0n) is 12.0. The summed E-state index contributed by atoms with van der Waals surface area (Å²) in [6.45, 7) is 1.70.